The van der Waals surface area contributed by atoms with Crippen LogP contribution in [-0.4, -0.2) is 20.6 Å². The molecule has 7 heteroatoms. The van der Waals surface area contributed by atoms with Crippen molar-refractivity contribution in [3.63, 3.8) is 0 Å². The Morgan fingerprint density at radius 2 is 1.73 bits per heavy atom. The molecule has 4 fully saturated rings. The molecule has 5 aliphatic rings. The van der Waals surface area contributed by atoms with Crippen LogP contribution in [0.2, 0.25) is 0 Å². The second-order valence-corrected chi connectivity index (χ2v) is 12.8. The van der Waals surface area contributed by atoms with Crippen LogP contribution < -0.4 is 10.9 Å². The number of fused-ring (bicyclic) bond motifs is 1. The third-order valence-corrected chi connectivity index (χ3v) is 10.2. The Labute approximate surface area is 220 Å². The van der Waals surface area contributed by atoms with Gasteiger partial charge in [0.25, 0.3) is 11.5 Å². The number of nitrogens with one attached hydrogen (secondary N) is 1. The number of carbonyl (C=O) groups is 1. The molecule has 0 spiro atoms. The Balaban J connectivity index is 1.20. The van der Waals surface area contributed by atoms with E-state index in [1.165, 1.54) is 49.9 Å². The molecular weight excluding hydrogens is 482 g/mol. The number of nitrogens with zero attached hydrogens (tertiary/aromatic N) is 2. The Morgan fingerprint density at radius 3 is 2.43 bits per heavy atom. The van der Waals surface area contributed by atoms with E-state index in [1.807, 2.05) is 30.3 Å². The van der Waals surface area contributed by atoms with Crippen LogP contribution in [0.1, 0.15) is 84.2 Å². The summed E-state index contributed by atoms with van der Waals surface area (Å²) in [7, 11) is 0. The molecule has 2 N–H and O–H groups in total. The van der Waals surface area contributed by atoms with Crippen molar-refractivity contribution in [2.24, 2.45) is 17.8 Å². The number of carbonyl (C=O) groups excluding carboxylic acids is 1. The van der Waals surface area contributed by atoms with E-state index >= 15 is 0 Å². The highest BCUT2D eigenvalue weighted by atomic mass is 32.1. The van der Waals surface area contributed by atoms with E-state index in [2.05, 4.69) is 10.7 Å². The molecule has 5 aliphatic carbocycles. The van der Waals surface area contributed by atoms with Crippen LogP contribution in [0.15, 0.2) is 40.5 Å². The smallest absolute Gasteiger partial charge is 0.267 e. The molecule has 0 radical (unpaired) electrons. The number of amides is 1. The topological polar surface area (TPSA) is 84.2 Å². The first-order valence-corrected chi connectivity index (χ1v) is 14.7. The van der Waals surface area contributed by atoms with E-state index < -0.39 is 11.5 Å². The largest absolute Gasteiger partial charge is 0.507 e. The van der Waals surface area contributed by atoms with Crippen LogP contribution in [0.4, 0.5) is 5.13 Å². The van der Waals surface area contributed by atoms with Gasteiger partial charge in [-0.25, -0.2) is 4.98 Å². The Hall–Kier alpha value is -2.93. The Bertz CT molecular complexity index is 1390. The third-order valence-electron chi connectivity index (χ3n) is 9.46. The van der Waals surface area contributed by atoms with Gasteiger partial charge in [-0.2, -0.15) is 0 Å². The zero-order valence-corrected chi connectivity index (χ0v) is 21.9. The molecule has 0 aliphatic heterocycles. The van der Waals surface area contributed by atoms with Crippen molar-refractivity contribution in [1.82, 2.24) is 9.55 Å². The monoisotopic (exact) mass is 515 g/mol. The second kappa shape index (κ2) is 8.83. The van der Waals surface area contributed by atoms with Gasteiger partial charge >= 0.3 is 0 Å². The zero-order valence-electron chi connectivity index (χ0n) is 21.0. The van der Waals surface area contributed by atoms with Gasteiger partial charge in [0, 0.05) is 22.1 Å². The van der Waals surface area contributed by atoms with Crippen LogP contribution in [0.5, 0.6) is 5.75 Å². The summed E-state index contributed by atoms with van der Waals surface area (Å²) >= 11 is 1.44. The summed E-state index contributed by atoms with van der Waals surface area (Å²) in [6, 6.07) is 9.81. The van der Waals surface area contributed by atoms with Gasteiger partial charge in [-0.3, -0.25) is 14.9 Å². The lowest BCUT2D eigenvalue weighted by atomic mass is 9.49. The average Bonchev–Trinajstić information content (AvgIpc) is 3.36. The molecule has 2 heterocycles. The van der Waals surface area contributed by atoms with Crippen molar-refractivity contribution in [3.05, 3.63) is 74.1 Å². The number of thiazole rings is 1. The van der Waals surface area contributed by atoms with Crippen LogP contribution in [-0.2, 0) is 24.8 Å². The number of rotatable bonds is 5. The number of hydrogen-bond donors (Lipinski definition) is 2. The van der Waals surface area contributed by atoms with Crippen LogP contribution in [0.25, 0.3) is 0 Å². The molecular formula is C30H33N3O3S. The minimum Gasteiger partial charge on any atom is -0.507 e. The zero-order chi connectivity index (χ0) is 25.1. The lowest BCUT2D eigenvalue weighted by molar-refractivity contribution is -0.00688. The predicted molar refractivity (Wildman–Crippen MR) is 144 cm³/mol. The van der Waals surface area contributed by atoms with Gasteiger partial charge in [0.1, 0.15) is 11.3 Å². The SMILES string of the molecule is O=C(Nc1nc(C23CC4CC(CC(C4)C2)C3)cs1)c1c(O)c2c(n(Cc3ccccc3)c1=O)CCCC2. The van der Waals surface area contributed by atoms with Crippen molar-refractivity contribution in [2.75, 3.05) is 5.32 Å². The fourth-order valence-corrected chi connectivity index (χ4v) is 9.08. The number of anilines is 1. The van der Waals surface area contributed by atoms with Crippen molar-refractivity contribution >= 4 is 22.4 Å². The maximum atomic E-state index is 13.7. The first-order chi connectivity index (χ1) is 18.0. The van der Waals surface area contributed by atoms with E-state index in [4.69, 9.17) is 4.98 Å². The third kappa shape index (κ3) is 3.94. The van der Waals surface area contributed by atoms with Crippen LogP contribution in [0, 0.1) is 17.8 Å². The summed E-state index contributed by atoms with van der Waals surface area (Å²) in [5, 5.41) is 16.6. The Kier molecular flexibility index (Phi) is 5.54. The van der Waals surface area contributed by atoms with Gasteiger partial charge in [-0.1, -0.05) is 30.3 Å². The molecule has 0 unspecified atom stereocenters. The first kappa shape index (κ1) is 23.2. The number of pyridine rings is 1. The van der Waals surface area contributed by atoms with E-state index in [0.29, 0.717) is 18.1 Å². The quantitative estimate of drug-likeness (QED) is 0.459. The molecule has 4 bridgehead atoms. The number of aromatic nitrogens is 2. The molecule has 0 atom stereocenters. The summed E-state index contributed by atoms with van der Waals surface area (Å²) in [5.74, 6) is 1.74. The predicted octanol–water partition coefficient (Wildman–Crippen LogP) is 5.66. The number of benzene rings is 1. The highest BCUT2D eigenvalue weighted by Crippen LogP contribution is 2.60. The van der Waals surface area contributed by atoms with Gasteiger partial charge in [0.2, 0.25) is 0 Å². The summed E-state index contributed by atoms with van der Waals surface area (Å²) in [6.45, 7) is 0.385. The molecule has 1 amide bonds. The highest BCUT2D eigenvalue weighted by Gasteiger charge is 2.52. The Morgan fingerprint density at radius 1 is 1.05 bits per heavy atom. The van der Waals surface area contributed by atoms with Gasteiger partial charge in [-0.15, -0.1) is 11.3 Å². The molecule has 1 aromatic carbocycles. The van der Waals surface area contributed by atoms with E-state index in [-0.39, 0.29) is 16.7 Å². The number of hydrogen-bond acceptors (Lipinski definition) is 5. The molecule has 8 rings (SSSR count). The van der Waals surface area contributed by atoms with Crippen molar-refractivity contribution in [2.45, 2.75) is 76.2 Å². The lowest BCUT2D eigenvalue weighted by Crippen LogP contribution is -2.48. The fraction of sp³-hybridized carbons (Fsp3) is 0.500. The van der Waals surface area contributed by atoms with Crippen molar-refractivity contribution in [3.8, 4) is 5.75 Å². The molecule has 192 valence electrons. The van der Waals surface area contributed by atoms with Crippen LogP contribution in [0.3, 0.4) is 0 Å². The number of aromatic hydroxyl groups is 1. The fourth-order valence-electron chi connectivity index (χ4n) is 8.25. The van der Waals surface area contributed by atoms with Crippen molar-refractivity contribution < 1.29 is 9.90 Å². The van der Waals surface area contributed by atoms with E-state index in [9.17, 15) is 14.7 Å². The summed E-state index contributed by atoms with van der Waals surface area (Å²) < 4.78 is 1.70. The molecule has 37 heavy (non-hydrogen) atoms. The maximum Gasteiger partial charge on any atom is 0.267 e. The van der Waals surface area contributed by atoms with Crippen LogP contribution >= 0.6 is 11.3 Å². The second-order valence-electron chi connectivity index (χ2n) is 11.9. The van der Waals surface area contributed by atoms with Gasteiger partial charge in [0.05, 0.1) is 12.2 Å². The lowest BCUT2D eigenvalue weighted by Gasteiger charge is -2.56. The summed E-state index contributed by atoms with van der Waals surface area (Å²) in [6.07, 6.45) is 11.1. The van der Waals surface area contributed by atoms with Gasteiger partial charge < -0.3 is 9.67 Å². The molecule has 0 saturated heterocycles. The molecule has 4 saturated carbocycles. The minimum absolute atomic E-state index is 0.153. The molecule has 3 aromatic rings. The van der Waals surface area contributed by atoms with E-state index in [1.54, 1.807) is 4.57 Å². The van der Waals surface area contributed by atoms with Crippen molar-refractivity contribution in [1.29, 1.82) is 0 Å². The summed E-state index contributed by atoms with van der Waals surface area (Å²) in [5.41, 5.74) is 3.26. The van der Waals surface area contributed by atoms with Gasteiger partial charge in [-0.05, 0) is 87.5 Å². The average molecular weight is 516 g/mol. The first-order valence-electron chi connectivity index (χ1n) is 13.8. The highest BCUT2D eigenvalue weighted by molar-refractivity contribution is 7.14. The summed E-state index contributed by atoms with van der Waals surface area (Å²) in [4.78, 5) is 32.0. The minimum atomic E-state index is -0.566. The van der Waals surface area contributed by atoms with E-state index in [0.717, 1.165) is 59.5 Å². The maximum absolute atomic E-state index is 13.7. The standard InChI is InChI=1S/C30H33N3O3S/c34-26-22-8-4-5-9-23(22)33(16-18-6-2-1-3-7-18)28(36)25(26)27(35)32-29-31-24(17-37-29)30-13-19-10-20(14-30)12-21(11-19)15-30/h1-3,6-7,17,19-21,34H,4-5,8-16H2,(H,31,32,35). The molecule has 6 nitrogen and oxygen atoms in total. The molecule has 2 aromatic heterocycles. The van der Waals surface area contributed by atoms with Gasteiger partial charge in [0.15, 0.2) is 5.13 Å². The normalized spacial score (nSPS) is 27.7.